The Labute approximate surface area is 214 Å². The van der Waals surface area contributed by atoms with Crippen LogP contribution in [-0.4, -0.2) is 58.6 Å². The van der Waals surface area contributed by atoms with Crippen molar-refractivity contribution < 1.29 is 23.9 Å². The van der Waals surface area contributed by atoms with Gasteiger partial charge >= 0.3 is 11.9 Å². The van der Waals surface area contributed by atoms with Gasteiger partial charge in [-0.2, -0.15) is 11.3 Å². The maximum Gasteiger partial charge on any atom is 0.338 e. The zero-order valence-corrected chi connectivity index (χ0v) is 22.1. The molecule has 3 aliphatic heterocycles. The Morgan fingerprint density at radius 3 is 2.77 bits per heavy atom. The van der Waals surface area contributed by atoms with E-state index in [1.807, 2.05) is 47.9 Å². The van der Waals surface area contributed by atoms with E-state index in [0.717, 1.165) is 29.3 Å². The number of likely N-dealkylation sites (tertiary alicyclic amines) is 1. The number of carbonyl (C=O) groups is 3. The predicted octanol–water partition coefficient (Wildman–Crippen LogP) is 4.47. The number of amides is 1. The van der Waals surface area contributed by atoms with Crippen LogP contribution in [0.3, 0.4) is 0 Å². The summed E-state index contributed by atoms with van der Waals surface area (Å²) < 4.78 is 10.7. The Kier molecular flexibility index (Phi) is 8.01. The number of nitrogens with zero attached hydrogens (tertiary/aromatic N) is 3. The van der Waals surface area contributed by atoms with Crippen LogP contribution < -0.4 is 0 Å². The number of piperidine rings is 1. The van der Waals surface area contributed by atoms with E-state index in [0.29, 0.717) is 31.0 Å². The van der Waals surface area contributed by atoms with Gasteiger partial charge in [-0.1, -0.05) is 11.8 Å². The highest BCUT2D eigenvalue weighted by Gasteiger charge is 2.42. The molecular formula is C25H31N3O5S2. The van der Waals surface area contributed by atoms with E-state index in [2.05, 4.69) is 4.99 Å². The topological polar surface area (TPSA) is 88.5 Å². The third-order valence-electron chi connectivity index (χ3n) is 6.15. The summed E-state index contributed by atoms with van der Waals surface area (Å²) in [5, 5.41) is 6.67. The fourth-order valence-corrected chi connectivity index (χ4v) is 6.22. The second-order valence-electron chi connectivity index (χ2n) is 9.01. The van der Waals surface area contributed by atoms with Crippen molar-refractivity contribution in [3.63, 3.8) is 0 Å². The van der Waals surface area contributed by atoms with Crippen molar-refractivity contribution in [1.82, 2.24) is 9.80 Å². The van der Waals surface area contributed by atoms with E-state index in [9.17, 15) is 14.4 Å². The fourth-order valence-electron chi connectivity index (χ4n) is 4.58. The highest BCUT2D eigenvalue weighted by atomic mass is 32.2. The van der Waals surface area contributed by atoms with E-state index in [1.165, 1.54) is 11.8 Å². The normalized spacial score (nSPS) is 22.1. The molecule has 35 heavy (non-hydrogen) atoms. The van der Waals surface area contributed by atoms with Gasteiger partial charge in [-0.3, -0.25) is 9.59 Å². The van der Waals surface area contributed by atoms with Crippen molar-refractivity contribution in [3.8, 4) is 0 Å². The summed E-state index contributed by atoms with van der Waals surface area (Å²) in [6.07, 6.45) is 1.40. The molecule has 2 atom stereocenters. The summed E-state index contributed by atoms with van der Waals surface area (Å²) in [4.78, 5) is 47.1. The Balaban J connectivity index is 1.56. The van der Waals surface area contributed by atoms with E-state index in [4.69, 9.17) is 9.47 Å². The first kappa shape index (κ1) is 25.5. The number of thiophene rings is 1. The van der Waals surface area contributed by atoms with Crippen molar-refractivity contribution >= 4 is 46.1 Å². The van der Waals surface area contributed by atoms with E-state index in [1.54, 1.807) is 23.2 Å². The summed E-state index contributed by atoms with van der Waals surface area (Å²) in [7, 11) is 0. The largest absolute Gasteiger partial charge is 0.466 e. The van der Waals surface area contributed by atoms with Crippen LogP contribution in [-0.2, 0) is 23.9 Å². The molecule has 1 aromatic heterocycles. The first-order valence-electron chi connectivity index (χ1n) is 11.9. The highest BCUT2D eigenvalue weighted by Crippen LogP contribution is 2.45. The fraction of sp³-hybridized carbons (Fsp3) is 0.520. The number of fused-ring (bicyclic) bond motifs is 1. The molecule has 0 radical (unpaired) electrons. The van der Waals surface area contributed by atoms with E-state index < -0.39 is 12.0 Å². The molecule has 0 N–H and O–H groups in total. The smallest absolute Gasteiger partial charge is 0.338 e. The van der Waals surface area contributed by atoms with Crippen LogP contribution in [0.15, 0.2) is 44.2 Å². The zero-order chi connectivity index (χ0) is 25.1. The minimum atomic E-state index is -0.414. The van der Waals surface area contributed by atoms with Crippen molar-refractivity contribution in [2.45, 2.75) is 59.1 Å². The molecule has 0 aliphatic carbocycles. The Hall–Kier alpha value is -2.59. The number of hydrogen-bond acceptors (Lipinski definition) is 9. The van der Waals surface area contributed by atoms with E-state index >= 15 is 0 Å². The number of esters is 2. The zero-order valence-electron chi connectivity index (χ0n) is 20.5. The number of carbonyl (C=O) groups excluding carboxylic acids is 3. The summed E-state index contributed by atoms with van der Waals surface area (Å²) in [5.41, 5.74) is 2.86. The highest BCUT2D eigenvalue weighted by molar-refractivity contribution is 8.16. The number of allylic oxidation sites excluding steroid dienone is 1. The molecule has 10 heteroatoms. The molecule has 0 spiro atoms. The van der Waals surface area contributed by atoms with Crippen molar-refractivity contribution in [1.29, 1.82) is 0 Å². The monoisotopic (exact) mass is 517 g/mol. The Morgan fingerprint density at radius 2 is 2.09 bits per heavy atom. The first-order valence-corrected chi connectivity index (χ1v) is 13.7. The minimum absolute atomic E-state index is 0.0475. The lowest BCUT2D eigenvalue weighted by Crippen LogP contribution is -2.44. The van der Waals surface area contributed by atoms with Crippen LogP contribution in [0, 0.1) is 5.92 Å². The van der Waals surface area contributed by atoms with Crippen LogP contribution in [0.1, 0.15) is 58.6 Å². The third kappa shape index (κ3) is 5.48. The third-order valence-corrected chi connectivity index (χ3v) is 7.74. The summed E-state index contributed by atoms with van der Waals surface area (Å²) in [5.74, 6) is -0.966. The number of amidine groups is 1. The Bertz CT molecular complexity index is 1080. The molecule has 1 aromatic rings. The van der Waals surface area contributed by atoms with Crippen LogP contribution in [0.25, 0.3) is 0 Å². The molecule has 1 fully saturated rings. The average molecular weight is 518 g/mol. The lowest BCUT2D eigenvalue weighted by molar-refractivity contribution is -0.151. The molecule has 8 nitrogen and oxygen atoms in total. The maximum absolute atomic E-state index is 13.3. The molecule has 4 heterocycles. The van der Waals surface area contributed by atoms with Crippen LogP contribution in [0.5, 0.6) is 0 Å². The molecule has 3 aliphatic rings. The molecule has 4 rings (SSSR count). The SMILES string of the molecule is CCOC(=O)[C@@H]1CCCN(C(=O)CC2=CSC3=NC(C)=C(C(=O)OC(C)C)[C@@H](c4ccsc4)N23)C1. The number of thioether (sulfide) groups is 1. The van der Waals surface area contributed by atoms with Gasteiger partial charge in [0.1, 0.15) is 0 Å². The molecular weight excluding hydrogens is 486 g/mol. The van der Waals surface area contributed by atoms with Crippen LogP contribution >= 0.6 is 23.1 Å². The number of ether oxygens (including phenoxy) is 2. The summed E-state index contributed by atoms with van der Waals surface area (Å²) >= 11 is 3.01. The maximum atomic E-state index is 13.3. The quantitative estimate of drug-likeness (QED) is 0.493. The van der Waals surface area contributed by atoms with Gasteiger partial charge in [0, 0.05) is 18.8 Å². The van der Waals surface area contributed by atoms with Gasteiger partial charge in [0.2, 0.25) is 5.91 Å². The number of hydrogen-bond donors (Lipinski definition) is 0. The molecule has 188 valence electrons. The molecule has 0 bridgehead atoms. The Morgan fingerprint density at radius 1 is 1.29 bits per heavy atom. The minimum Gasteiger partial charge on any atom is -0.466 e. The predicted molar refractivity (Wildman–Crippen MR) is 136 cm³/mol. The second-order valence-corrected chi connectivity index (χ2v) is 10.6. The van der Waals surface area contributed by atoms with Gasteiger partial charge in [-0.05, 0) is 68.3 Å². The van der Waals surface area contributed by atoms with Gasteiger partial charge < -0.3 is 19.3 Å². The molecule has 0 saturated carbocycles. The molecule has 0 unspecified atom stereocenters. The van der Waals surface area contributed by atoms with Gasteiger partial charge in [-0.25, -0.2) is 9.79 Å². The van der Waals surface area contributed by atoms with Crippen molar-refractivity contribution in [2.75, 3.05) is 19.7 Å². The van der Waals surface area contributed by atoms with Gasteiger partial charge in [0.05, 0.1) is 42.4 Å². The number of aliphatic imine (C=N–C) groups is 1. The lowest BCUT2D eigenvalue weighted by Gasteiger charge is -2.37. The lowest BCUT2D eigenvalue weighted by atomic mass is 9.95. The average Bonchev–Trinajstić information content (AvgIpc) is 3.48. The van der Waals surface area contributed by atoms with Crippen molar-refractivity contribution in [2.24, 2.45) is 10.9 Å². The van der Waals surface area contributed by atoms with Crippen LogP contribution in [0.4, 0.5) is 0 Å². The molecule has 1 amide bonds. The van der Waals surface area contributed by atoms with Gasteiger partial charge in [0.15, 0.2) is 5.17 Å². The summed E-state index contributed by atoms with van der Waals surface area (Å²) in [6, 6.07) is 1.58. The van der Waals surface area contributed by atoms with Crippen LogP contribution in [0.2, 0.25) is 0 Å². The van der Waals surface area contributed by atoms with Crippen molar-refractivity contribution in [3.05, 3.63) is 44.8 Å². The second kappa shape index (κ2) is 11.0. The van der Waals surface area contributed by atoms with E-state index in [-0.39, 0.29) is 30.3 Å². The standard InChI is InChI=1S/C25H31N3O5S2/c1-5-32-23(30)17-7-6-9-27(12-17)20(29)11-19-14-35-25-26-16(4)21(24(31)33-15(2)3)22(28(19)25)18-8-10-34-13-18/h8,10,13-15,17,22H,5-7,9,11-12H2,1-4H3/t17-,22-/m1/s1. The molecule has 1 saturated heterocycles. The summed E-state index contributed by atoms with van der Waals surface area (Å²) in [6.45, 7) is 8.59. The van der Waals surface area contributed by atoms with Gasteiger partial charge in [0.25, 0.3) is 0 Å². The number of rotatable bonds is 7. The molecule has 0 aromatic carbocycles. The van der Waals surface area contributed by atoms with Gasteiger partial charge in [-0.15, -0.1) is 0 Å². The first-order chi connectivity index (χ1) is 16.8.